The van der Waals surface area contributed by atoms with Crippen LogP contribution in [0.1, 0.15) is 38.1 Å². The number of aliphatic hydroxyl groups is 1. The summed E-state index contributed by atoms with van der Waals surface area (Å²) in [6.07, 6.45) is -3.43. The SMILES string of the molecule is COC(=O)C(C(=N)C(=O)OC(C)(C)C)=C(O)[C@@H]1O[C@H](CN=[N+]=[N-])[C@@H](C)[C@H]1OC(=O)c1ccccc1. The minimum absolute atomic E-state index is 0.155. The zero-order valence-electron chi connectivity index (χ0n) is 20.0. The molecule has 1 aliphatic rings. The highest BCUT2D eigenvalue weighted by atomic mass is 16.6. The highest BCUT2D eigenvalue weighted by Gasteiger charge is 2.48. The van der Waals surface area contributed by atoms with Gasteiger partial charge in [0.05, 0.1) is 25.3 Å². The fraction of sp³-hybridized carbons (Fsp3) is 0.478. The second-order valence-electron chi connectivity index (χ2n) is 8.73. The van der Waals surface area contributed by atoms with E-state index in [1.165, 1.54) is 12.1 Å². The van der Waals surface area contributed by atoms with E-state index in [9.17, 15) is 19.5 Å². The Labute approximate surface area is 201 Å². The molecule has 1 aliphatic heterocycles. The van der Waals surface area contributed by atoms with E-state index in [0.717, 1.165) is 7.11 Å². The van der Waals surface area contributed by atoms with Crippen LogP contribution < -0.4 is 0 Å². The standard InChI is InChI=1S/C23H28N4O8/c1-12-14(11-26-27-25)33-19(18(12)34-20(29)13-9-7-6-8-10-13)17(28)15(21(30)32-5)16(24)22(31)35-23(2,3)4/h6-10,12,14,18-19,24,28H,11H2,1-5H3/t12-,14-,18-,19+/m1/s1. The van der Waals surface area contributed by atoms with Crippen LogP contribution in [0.15, 0.2) is 46.8 Å². The van der Waals surface area contributed by atoms with Gasteiger partial charge in [-0.05, 0) is 38.4 Å². The van der Waals surface area contributed by atoms with Gasteiger partial charge in [-0.25, -0.2) is 14.4 Å². The first kappa shape index (κ1) is 27.4. The summed E-state index contributed by atoms with van der Waals surface area (Å²) in [5, 5.41) is 22.7. The number of nitrogens with zero attached hydrogens (tertiary/aromatic N) is 3. The van der Waals surface area contributed by atoms with Gasteiger partial charge in [-0.15, -0.1) is 0 Å². The zero-order chi connectivity index (χ0) is 26.3. The van der Waals surface area contributed by atoms with Crippen molar-refractivity contribution in [2.75, 3.05) is 13.7 Å². The Morgan fingerprint density at radius 1 is 1.20 bits per heavy atom. The van der Waals surface area contributed by atoms with E-state index in [4.69, 9.17) is 25.2 Å². The summed E-state index contributed by atoms with van der Waals surface area (Å²) in [5.74, 6) is -4.56. The first-order valence-electron chi connectivity index (χ1n) is 10.7. The van der Waals surface area contributed by atoms with E-state index in [0.29, 0.717) is 0 Å². The van der Waals surface area contributed by atoms with Gasteiger partial charge in [-0.3, -0.25) is 5.41 Å². The van der Waals surface area contributed by atoms with Crippen LogP contribution in [-0.4, -0.2) is 66.3 Å². The number of hydrogen-bond acceptors (Lipinski definition) is 10. The summed E-state index contributed by atoms with van der Waals surface area (Å²) in [6, 6.07) is 8.06. The second-order valence-corrected chi connectivity index (χ2v) is 8.73. The Morgan fingerprint density at radius 2 is 1.83 bits per heavy atom. The van der Waals surface area contributed by atoms with Gasteiger partial charge in [0.25, 0.3) is 0 Å². The van der Waals surface area contributed by atoms with Gasteiger partial charge in [0.2, 0.25) is 0 Å². The molecule has 1 heterocycles. The van der Waals surface area contributed by atoms with Crippen LogP contribution in [0.2, 0.25) is 0 Å². The number of esters is 3. The number of ether oxygens (including phenoxy) is 4. The molecule has 0 saturated carbocycles. The smallest absolute Gasteiger partial charge is 0.357 e. The molecule has 1 aromatic carbocycles. The summed E-state index contributed by atoms with van der Waals surface area (Å²) in [4.78, 5) is 40.4. The van der Waals surface area contributed by atoms with E-state index < -0.39 is 64.8 Å². The molecule has 1 saturated heterocycles. The number of hydrogen-bond donors (Lipinski definition) is 2. The summed E-state index contributed by atoms with van der Waals surface area (Å²) in [7, 11) is 1.01. The normalized spacial score (nSPS) is 22.3. The molecule has 0 aliphatic carbocycles. The fourth-order valence-corrected chi connectivity index (χ4v) is 3.37. The van der Waals surface area contributed by atoms with Crippen LogP contribution in [0, 0.1) is 11.3 Å². The van der Waals surface area contributed by atoms with Crippen LogP contribution in [0.25, 0.3) is 10.4 Å². The molecule has 4 atom stereocenters. The number of carbonyl (C=O) groups excluding carboxylic acids is 3. The first-order valence-corrected chi connectivity index (χ1v) is 10.7. The lowest BCUT2D eigenvalue weighted by Crippen LogP contribution is -2.37. The Morgan fingerprint density at radius 3 is 2.37 bits per heavy atom. The van der Waals surface area contributed by atoms with Gasteiger partial charge in [0.15, 0.2) is 11.8 Å². The predicted molar refractivity (Wildman–Crippen MR) is 123 cm³/mol. The maximum absolute atomic E-state index is 12.7. The van der Waals surface area contributed by atoms with Crippen molar-refractivity contribution in [3.8, 4) is 0 Å². The Hall–Kier alpha value is -3.89. The van der Waals surface area contributed by atoms with Gasteiger partial charge < -0.3 is 24.1 Å². The van der Waals surface area contributed by atoms with Gasteiger partial charge in [-0.2, -0.15) is 0 Å². The number of methoxy groups -OCH3 is 1. The molecule has 2 N–H and O–H groups in total. The molecule has 1 aromatic rings. The van der Waals surface area contributed by atoms with Crippen molar-refractivity contribution in [2.45, 2.75) is 51.6 Å². The van der Waals surface area contributed by atoms with Crippen molar-refractivity contribution in [3.05, 3.63) is 57.7 Å². The molecule has 1 fully saturated rings. The Bertz CT molecular complexity index is 1060. The largest absolute Gasteiger partial charge is 0.508 e. The van der Waals surface area contributed by atoms with E-state index in [1.807, 2.05) is 0 Å². The summed E-state index contributed by atoms with van der Waals surface area (Å²) >= 11 is 0. The molecular weight excluding hydrogens is 460 g/mol. The lowest BCUT2D eigenvalue weighted by atomic mass is 9.95. The van der Waals surface area contributed by atoms with Gasteiger partial charge >= 0.3 is 17.9 Å². The van der Waals surface area contributed by atoms with E-state index in [-0.39, 0.29) is 12.1 Å². The van der Waals surface area contributed by atoms with Crippen LogP contribution >= 0.6 is 0 Å². The monoisotopic (exact) mass is 488 g/mol. The number of carbonyl (C=O) groups is 3. The van der Waals surface area contributed by atoms with Crippen LogP contribution in [0.3, 0.4) is 0 Å². The molecule has 0 amide bonds. The number of benzene rings is 1. The van der Waals surface area contributed by atoms with Crippen LogP contribution in [-0.2, 0) is 28.5 Å². The average molecular weight is 488 g/mol. The second kappa shape index (κ2) is 11.5. The van der Waals surface area contributed by atoms with E-state index in [1.54, 1.807) is 45.9 Å². The third-order valence-electron chi connectivity index (χ3n) is 5.07. The van der Waals surface area contributed by atoms with Crippen molar-refractivity contribution < 1.29 is 38.4 Å². The molecule has 2 rings (SSSR count). The fourth-order valence-electron chi connectivity index (χ4n) is 3.37. The molecule has 188 valence electrons. The van der Waals surface area contributed by atoms with Crippen LogP contribution in [0.4, 0.5) is 0 Å². The van der Waals surface area contributed by atoms with Crippen molar-refractivity contribution >= 4 is 23.6 Å². The number of azide groups is 1. The number of aliphatic hydroxyl groups excluding tert-OH is 1. The van der Waals surface area contributed by atoms with E-state index in [2.05, 4.69) is 14.8 Å². The topological polar surface area (TPSA) is 181 Å². The third kappa shape index (κ3) is 6.81. The first-order chi connectivity index (χ1) is 16.4. The highest BCUT2D eigenvalue weighted by molar-refractivity contribution is 6.48. The Kier molecular flexibility index (Phi) is 8.99. The van der Waals surface area contributed by atoms with Gasteiger partial charge in [0.1, 0.15) is 23.0 Å². The number of rotatable bonds is 8. The maximum Gasteiger partial charge on any atom is 0.357 e. The van der Waals surface area contributed by atoms with Gasteiger partial charge in [0, 0.05) is 10.8 Å². The molecular formula is C23H28N4O8. The molecule has 0 bridgehead atoms. The zero-order valence-corrected chi connectivity index (χ0v) is 20.0. The van der Waals surface area contributed by atoms with E-state index >= 15 is 0 Å². The average Bonchev–Trinajstić information content (AvgIpc) is 3.11. The maximum atomic E-state index is 12.7. The van der Waals surface area contributed by atoms with Crippen molar-refractivity contribution in [3.63, 3.8) is 0 Å². The molecule has 0 radical (unpaired) electrons. The molecule has 0 aromatic heterocycles. The molecule has 12 heteroatoms. The lowest BCUT2D eigenvalue weighted by molar-refractivity contribution is -0.147. The summed E-state index contributed by atoms with van der Waals surface area (Å²) < 4.78 is 21.2. The highest BCUT2D eigenvalue weighted by Crippen LogP contribution is 2.35. The summed E-state index contributed by atoms with van der Waals surface area (Å²) in [5.41, 5.74) is 6.17. The predicted octanol–water partition coefficient (Wildman–Crippen LogP) is 3.27. The summed E-state index contributed by atoms with van der Waals surface area (Å²) in [6.45, 7) is 6.20. The quantitative estimate of drug-likeness (QED) is 0.0817. The molecule has 12 nitrogen and oxygen atoms in total. The van der Waals surface area contributed by atoms with Crippen molar-refractivity contribution in [2.24, 2.45) is 11.0 Å². The third-order valence-corrected chi connectivity index (χ3v) is 5.07. The van der Waals surface area contributed by atoms with Crippen molar-refractivity contribution in [1.29, 1.82) is 5.41 Å². The minimum atomic E-state index is -1.46. The van der Waals surface area contributed by atoms with Crippen molar-refractivity contribution in [1.82, 2.24) is 0 Å². The minimum Gasteiger partial charge on any atom is -0.508 e. The molecule has 35 heavy (non-hydrogen) atoms. The lowest BCUT2D eigenvalue weighted by Gasteiger charge is -2.23. The Balaban J connectivity index is 2.51. The van der Waals surface area contributed by atoms with Gasteiger partial charge in [-0.1, -0.05) is 30.2 Å². The molecule has 0 unspecified atom stereocenters. The number of nitrogens with one attached hydrogen (secondary N) is 1. The van der Waals surface area contributed by atoms with Crippen LogP contribution in [0.5, 0.6) is 0 Å². The molecule has 0 spiro atoms.